The number of ether oxygens (including phenoxy) is 1. The van der Waals surface area contributed by atoms with Gasteiger partial charge in [-0.1, -0.05) is 106 Å². The molecule has 3 heteroatoms. The first-order chi connectivity index (χ1) is 17.0. The van der Waals surface area contributed by atoms with Gasteiger partial charge in [0, 0.05) is 24.1 Å². The van der Waals surface area contributed by atoms with E-state index in [1.165, 1.54) is 47.3 Å². The first-order valence-electron chi connectivity index (χ1n) is 13.4. The molecule has 1 aliphatic heterocycles. The molecule has 1 saturated heterocycles. The van der Waals surface area contributed by atoms with E-state index in [0.29, 0.717) is 16.9 Å². The molecule has 1 spiro atoms. The number of rotatable bonds is 6. The fraction of sp³-hybridized carbons (Fsp3) is 0.438. The molecule has 0 radical (unpaired) electrons. The largest absolute Gasteiger partial charge is 0.355 e. The van der Waals surface area contributed by atoms with Crippen molar-refractivity contribution in [3.05, 3.63) is 90.5 Å². The Morgan fingerprint density at radius 3 is 2.14 bits per heavy atom. The molecule has 1 heterocycles. The maximum Gasteiger partial charge on any atom is 0.137 e. The topological polar surface area (TPSA) is 12.5 Å². The summed E-state index contributed by atoms with van der Waals surface area (Å²) in [4.78, 5) is 2.69. The second-order valence-corrected chi connectivity index (χ2v) is 13.5. The standard InChI is InChI=1S/C32H38NOP/c1-4-21-33-23-32-20-19-24(31(32,2)3)22-29(32)34-30(33)27-17-11-12-18-28(27)35(25-13-7-5-8-14-25)26-15-9-6-10-16-26/h5-18,24,29-30H,4,19-23H2,1-3H3/t24-,29?,30?,32-/m1/s1. The number of hydrogen-bond donors (Lipinski definition) is 0. The van der Waals surface area contributed by atoms with Crippen LogP contribution in [-0.2, 0) is 4.74 Å². The molecule has 2 unspecified atom stereocenters. The average molecular weight is 484 g/mol. The summed E-state index contributed by atoms with van der Waals surface area (Å²) in [6.07, 6.45) is 5.50. The maximum absolute atomic E-state index is 7.22. The molecular weight excluding hydrogens is 445 g/mol. The van der Waals surface area contributed by atoms with E-state index < -0.39 is 7.92 Å². The van der Waals surface area contributed by atoms with E-state index in [4.69, 9.17) is 4.74 Å². The van der Waals surface area contributed by atoms with Gasteiger partial charge in [-0.3, -0.25) is 4.90 Å². The van der Waals surface area contributed by atoms with Crippen LogP contribution in [0.3, 0.4) is 0 Å². The maximum atomic E-state index is 7.22. The van der Waals surface area contributed by atoms with Crippen LogP contribution >= 0.6 is 7.92 Å². The van der Waals surface area contributed by atoms with Crippen molar-refractivity contribution < 1.29 is 4.74 Å². The minimum absolute atomic E-state index is 0.0364. The highest BCUT2D eigenvalue weighted by Gasteiger charge is 2.67. The van der Waals surface area contributed by atoms with Gasteiger partial charge in [-0.25, -0.2) is 0 Å². The molecule has 2 nitrogen and oxygen atoms in total. The Kier molecular flexibility index (Phi) is 6.12. The average Bonchev–Trinajstić information content (AvgIpc) is 3.25. The SMILES string of the molecule is CCCN1C[C@]23CC[C@H](CC2OC1c1ccccc1P(c1ccccc1)c1ccccc1)C3(C)C. The van der Waals surface area contributed by atoms with Gasteiger partial charge < -0.3 is 4.74 Å². The zero-order chi connectivity index (χ0) is 24.0. The van der Waals surface area contributed by atoms with Crippen LogP contribution in [0.4, 0.5) is 0 Å². The lowest BCUT2D eigenvalue weighted by atomic mass is 9.67. The predicted octanol–water partition coefficient (Wildman–Crippen LogP) is 6.38. The van der Waals surface area contributed by atoms with Gasteiger partial charge in [0.25, 0.3) is 0 Å². The van der Waals surface area contributed by atoms with Crippen molar-refractivity contribution in [2.45, 2.75) is 58.8 Å². The van der Waals surface area contributed by atoms with Gasteiger partial charge in [-0.2, -0.15) is 0 Å². The van der Waals surface area contributed by atoms with Crippen LogP contribution < -0.4 is 15.9 Å². The Hall–Kier alpha value is -1.99. The molecule has 2 saturated carbocycles. The van der Waals surface area contributed by atoms with Crippen molar-refractivity contribution >= 4 is 23.8 Å². The molecule has 3 aliphatic rings. The summed E-state index contributed by atoms with van der Waals surface area (Å²) in [5.74, 6) is 0.802. The highest BCUT2D eigenvalue weighted by Crippen LogP contribution is 2.68. The zero-order valence-electron chi connectivity index (χ0n) is 21.4. The first kappa shape index (κ1) is 23.4. The Morgan fingerprint density at radius 1 is 0.886 bits per heavy atom. The molecule has 35 heavy (non-hydrogen) atoms. The third-order valence-corrected chi connectivity index (χ3v) is 12.0. The monoisotopic (exact) mass is 483 g/mol. The van der Waals surface area contributed by atoms with Gasteiger partial charge in [-0.15, -0.1) is 0 Å². The first-order valence-corrected chi connectivity index (χ1v) is 14.8. The van der Waals surface area contributed by atoms with Crippen LogP contribution in [0.1, 0.15) is 58.2 Å². The van der Waals surface area contributed by atoms with Crippen molar-refractivity contribution in [1.82, 2.24) is 4.90 Å². The predicted molar refractivity (Wildman–Crippen MR) is 148 cm³/mol. The minimum atomic E-state index is -0.667. The second-order valence-electron chi connectivity index (χ2n) is 11.4. The van der Waals surface area contributed by atoms with E-state index in [1.807, 2.05) is 0 Å². The lowest BCUT2D eigenvalue weighted by Crippen LogP contribution is -2.56. The van der Waals surface area contributed by atoms with E-state index in [-0.39, 0.29) is 6.23 Å². The van der Waals surface area contributed by atoms with Crippen LogP contribution in [0.25, 0.3) is 0 Å². The number of fused-ring (bicyclic) bond motifs is 1. The second kappa shape index (κ2) is 9.15. The summed E-state index contributed by atoms with van der Waals surface area (Å²) in [5, 5.41) is 4.23. The highest BCUT2D eigenvalue weighted by atomic mass is 31.1. The van der Waals surface area contributed by atoms with Crippen molar-refractivity contribution in [3.8, 4) is 0 Å². The molecule has 3 fully saturated rings. The molecule has 0 amide bonds. The molecule has 3 aromatic carbocycles. The summed E-state index contributed by atoms with van der Waals surface area (Å²) < 4.78 is 7.22. The Labute approximate surface area is 212 Å². The van der Waals surface area contributed by atoms with Crippen LogP contribution in [0.2, 0.25) is 0 Å². The summed E-state index contributed by atoms with van der Waals surface area (Å²) in [6.45, 7) is 9.61. The molecule has 0 N–H and O–H groups in total. The van der Waals surface area contributed by atoms with Gasteiger partial charge in [0.1, 0.15) is 6.23 Å². The molecule has 2 bridgehead atoms. The molecule has 4 atom stereocenters. The Morgan fingerprint density at radius 2 is 1.51 bits per heavy atom. The van der Waals surface area contributed by atoms with Gasteiger partial charge in [0.2, 0.25) is 0 Å². The number of hydrogen-bond acceptors (Lipinski definition) is 2. The van der Waals surface area contributed by atoms with Crippen LogP contribution in [0, 0.1) is 16.7 Å². The lowest BCUT2D eigenvalue weighted by Gasteiger charge is -2.53. The van der Waals surface area contributed by atoms with Crippen LogP contribution in [0.5, 0.6) is 0 Å². The summed E-state index contributed by atoms with van der Waals surface area (Å²) in [6, 6.07) is 31.3. The van der Waals surface area contributed by atoms with E-state index in [0.717, 1.165) is 18.9 Å². The molecule has 3 aromatic rings. The summed E-state index contributed by atoms with van der Waals surface area (Å²) in [5.41, 5.74) is 2.05. The van der Waals surface area contributed by atoms with Crippen molar-refractivity contribution in [2.75, 3.05) is 13.1 Å². The number of nitrogens with zero attached hydrogens (tertiary/aromatic N) is 1. The normalized spacial score (nSPS) is 29.4. The van der Waals surface area contributed by atoms with Crippen molar-refractivity contribution in [3.63, 3.8) is 0 Å². The zero-order valence-corrected chi connectivity index (χ0v) is 22.3. The molecule has 2 aliphatic carbocycles. The third-order valence-electron chi connectivity index (χ3n) is 9.45. The van der Waals surface area contributed by atoms with Gasteiger partial charge in [-0.05, 0) is 60.9 Å². The smallest absolute Gasteiger partial charge is 0.137 e. The summed E-state index contributed by atoms with van der Waals surface area (Å²) in [7, 11) is -0.667. The molecular formula is C32H38NOP. The Balaban J connectivity index is 1.44. The van der Waals surface area contributed by atoms with Gasteiger partial charge >= 0.3 is 0 Å². The molecule has 182 valence electrons. The van der Waals surface area contributed by atoms with Gasteiger partial charge in [0.05, 0.1) is 6.10 Å². The van der Waals surface area contributed by atoms with Crippen LogP contribution in [-0.4, -0.2) is 24.1 Å². The number of benzene rings is 3. The fourth-order valence-electron chi connectivity index (χ4n) is 7.49. The van der Waals surface area contributed by atoms with E-state index >= 15 is 0 Å². The third kappa shape index (κ3) is 3.72. The summed E-state index contributed by atoms with van der Waals surface area (Å²) >= 11 is 0. The van der Waals surface area contributed by atoms with Crippen molar-refractivity contribution in [1.29, 1.82) is 0 Å². The quantitative estimate of drug-likeness (QED) is 0.377. The van der Waals surface area contributed by atoms with E-state index in [9.17, 15) is 0 Å². The molecule has 0 aromatic heterocycles. The molecule has 6 rings (SSSR count). The van der Waals surface area contributed by atoms with Crippen LogP contribution in [0.15, 0.2) is 84.9 Å². The minimum Gasteiger partial charge on any atom is -0.355 e. The highest BCUT2D eigenvalue weighted by molar-refractivity contribution is 7.79. The van der Waals surface area contributed by atoms with Gasteiger partial charge in [0.15, 0.2) is 0 Å². The van der Waals surface area contributed by atoms with E-state index in [1.54, 1.807) is 0 Å². The van der Waals surface area contributed by atoms with E-state index in [2.05, 4.69) is 111 Å². The Bertz CT molecular complexity index is 1120. The lowest BCUT2D eigenvalue weighted by molar-refractivity contribution is -0.212. The van der Waals surface area contributed by atoms with Crippen molar-refractivity contribution in [2.24, 2.45) is 16.7 Å². The fourth-order valence-corrected chi connectivity index (χ4v) is 9.96.